The molecule has 1 amide bonds. The molecule has 0 aliphatic carbocycles. The summed E-state index contributed by atoms with van der Waals surface area (Å²) in [6, 6.07) is 0. The topological polar surface area (TPSA) is 93.1 Å². The summed E-state index contributed by atoms with van der Waals surface area (Å²) < 4.78 is 18.8. The summed E-state index contributed by atoms with van der Waals surface area (Å²) in [7, 11) is 0. The Hall–Kier alpha value is -2.68. The van der Waals surface area contributed by atoms with Crippen LogP contribution in [0.25, 0.3) is 0 Å². The highest BCUT2D eigenvalue weighted by atomic mass is 19.1. The Morgan fingerprint density at radius 2 is 2.08 bits per heavy atom. The Kier molecular flexibility index (Phi) is 4.22. The van der Waals surface area contributed by atoms with Crippen LogP contribution in [0.2, 0.25) is 0 Å². The monoisotopic (exact) mass is 344 g/mol. The Morgan fingerprint density at radius 3 is 2.84 bits per heavy atom. The maximum atomic E-state index is 13.0. The number of fused-ring (bicyclic) bond motifs is 1. The van der Waals surface area contributed by atoms with Crippen molar-refractivity contribution in [2.24, 2.45) is 11.8 Å². The number of carbonyl (C=O) groups excluding carboxylic acids is 1. The van der Waals surface area contributed by atoms with Crippen molar-refractivity contribution in [3.05, 3.63) is 42.5 Å². The molecule has 9 heteroatoms. The molecule has 2 aliphatic rings. The van der Waals surface area contributed by atoms with E-state index in [-0.39, 0.29) is 23.8 Å². The fourth-order valence-corrected chi connectivity index (χ4v) is 3.37. The summed E-state index contributed by atoms with van der Waals surface area (Å²) in [4.78, 5) is 30.0. The van der Waals surface area contributed by atoms with Crippen molar-refractivity contribution < 1.29 is 13.9 Å². The van der Waals surface area contributed by atoms with Crippen LogP contribution in [0, 0.1) is 17.7 Å². The van der Waals surface area contributed by atoms with E-state index in [1.165, 1.54) is 18.6 Å². The van der Waals surface area contributed by atoms with Crippen molar-refractivity contribution in [3.8, 4) is 0 Å². The quantitative estimate of drug-likeness (QED) is 0.852. The van der Waals surface area contributed by atoms with Crippen LogP contribution in [-0.4, -0.2) is 58.2 Å². The van der Waals surface area contributed by atoms with Gasteiger partial charge in [0.2, 0.25) is 5.95 Å². The lowest BCUT2D eigenvalue weighted by atomic mass is 9.93. The number of ether oxygens (including phenoxy) is 1. The number of hydrogen-bond acceptors (Lipinski definition) is 7. The lowest BCUT2D eigenvalue weighted by molar-refractivity contribution is 0.0934. The van der Waals surface area contributed by atoms with Crippen LogP contribution in [-0.2, 0) is 4.74 Å². The summed E-state index contributed by atoms with van der Waals surface area (Å²) in [6.07, 6.45) is 6.85. The van der Waals surface area contributed by atoms with E-state index in [0.29, 0.717) is 31.3 Å². The molecule has 0 radical (unpaired) electrons. The van der Waals surface area contributed by atoms with E-state index in [0.717, 1.165) is 18.9 Å². The first-order chi connectivity index (χ1) is 12.2. The average molecular weight is 344 g/mol. The number of aromatic nitrogens is 4. The molecule has 2 aromatic heterocycles. The molecule has 4 heterocycles. The minimum Gasteiger partial charge on any atom is -0.376 e. The second-order valence-electron chi connectivity index (χ2n) is 6.20. The fraction of sp³-hybridized carbons (Fsp3) is 0.438. The predicted molar refractivity (Wildman–Crippen MR) is 85.3 cm³/mol. The van der Waals surface area contributed by atoms with Crippen LogP contribution in [0.15, 0.2) is 31.0 Å². The first-order valence-electron chi connectivity index (χ1n) is 8.09. The summed E-state index contributed by atoms with van der Waals surface area (Å²) >= 11 is 0. The molecule has 3 atom stereocenters. The van der Waals surface area contributed by atoms with Crippen molar-refractivity contribution in [1.29, 1.82) is 0 Å². The second kappa shape index (κ2) is 6.67. The lowest BCUT2D eigenvalue weighted by Crippen LogP contribution is -2.34. The Bertz CT molecular complexity index is 744. The van der Waals surface area contributed by atoms with Gasteiger partial charge in [0, 0.05) is 43.9 Å². The molecular formula is C16H17FN6O2. The van der Waals surface area contributed by atoms with Gasteiger partial charge < -0.3 is 15.0 Å². The summed E-state index contributed by atoms with van der Waals surface area (Å²) in [6.45, 7) is 2.51. The van der Waals surface area contributed by atoms with Crippen molar-refractivity contribution in [2.45, 2.75) is 6.10 Å². The number of hydrogen-bond donors (Lipinski definition) is 1. The lowest BCUT2D eigenvalue weighted by Gasteiger charge is -2.19. The first-order valence-corrected chi connectivity index (χ1v) is 8.09. The van der Waals surface area contributed by atoms with Crippen LogP contribution in [0.5, 0.6) is 0 Å². The summed E-state index contributed by atoms with van der Waals surface area (Å²) in [5.74, 6) is 0.283. The third kappa shape index (κ3) is 3.27. The Morgan fingerprint density at radius 1 is 1.24 bits per heavy atom. The number of halogens is 1. The average Bonchev–Trinajstić information content (AvgIpc) is 3.22. The number of carbonyl (C=O) groups is 1. The number of nitrogens with one attached hydrogen (secondary N) is 1. The zero-order valence-electron chi connectivity index (χ0n) is 13.4. The van der Waals surface area contributed by atoms with Gasteiger partial charge in [-0.1, -0.05) is 0 Å². The van der Waals surface area contributed by atoms with Crippen molar-refractivity contribution >= 4 is 11.9 Å². The SMILES string of the molecule is O=C(NC[C@@H]1CO[C@H]2CN(c3ncc(F)cn3)C[C@@H]12)c1cnccn1. The van der Waals surface area contributed by atoms with Gasteiger partial charge >= 0.3 is 0 Å². The molecule has 0 unspecified atom stereocenters. The largest absolute Gasteiger partial charge is 0.376 e. The number of anilines is 1. The molecule has 0 bridgehead atoms. The van der Waals surface area contributed by atoms with Crippen LogP contribution >= 0.6 is 0 Å². The smallest absolute Gasteiger partial charge is 0.271 e. The molecule has 1 N–H and O–H groups in total. The van der Waals surface area contributed by atoms with Crippen LogP contribution in [0.3, 0.4) is 0 Å². The van der Waals surface area contributed by atoms with Crippen LogP contribution in [0.1, 0.15) is 10.5 Å². The molecule has 0 aromatic carbocycles. The molecule has 130 valence electrons. The fourth-order valence-electron chi connectivity index (χ4n) is 3.37. The molecule has 0 saturated carbocycles. The van der Waals surface area contributed by atoms with E-state index in [9.17, 15) is 9.18 Å². The number of amides is 1. The van der Waals surface area contributed by atoms with Crippen molar-refractivity contribution in [1.82, 2.24) is 25.3 Å². The standard InChI is InChI=1S/C16H17FN6O2/c17-11-4-21-16(22-5-11)23-7-12-10(9-25-14(12)8-23)3-20-15(24)13-6-18-1-2-19-13/h1-2,4-6,10,12,14H,3,7-9H2,(H,20,24)/t10-,12+,14+/m1/s1. The first kappa shape index (κ1) is 15.8. The third-order valence-electron chi connectivity index (χ3n) is 4.65. The second-order valence-corrected chi connectivity index (χ2v) is 6.20. The molecule has 4 rings (SSSR count). The van der Waals surface area contributed by atoms with Crippen molar-refractivity contribution in [2.75, 3.05) is 31.1 Å². The van der Waals surface area contributed by atoms with Gasteiger partial charge in [-0.25, -0.2) is 19.3 Å². The zero-order chi connectivity index (χ0) is 17.2. The van der Waals surface area contributed by atoms with E-state index < -0.39 is 5.82 Å². The van der Waals surface area contributed by atoms with E-state index in [2.05, 4.69) is 25.3 Å². The minimum atomic E-state index is -0.455. The molecule has 25 heavy (non-hydrogen) atoms. The molecule has 8 nitrogen and oxygen atoms in total. The molecule has 2 aromatic rings. The zero-order valence-corrected chi connectivity index (χ0v) is 13.4. The van der Waals surface area contributed by atoms with Crippen LogP contribution < -0.4 is 10.2 Å². The highest BCUT2D eigenvalue weighted by Crippen LogP contribution is 2.34. The predicted octanol–water partition coefficient (Wildman–Crippen LogP) is 0.287. The van der Waals surface area contributed by atoms with Gasteiger partial charge in [0.05, 0.1) is 31.3 Å². The molecule has 2 aliphatic heterocycles. The molecule has 0 spiro atoms. The van der Waals surface area contributed by atoms with E-state index in [1.54, 1.807) is 0 Å². The van der Waals surface area contributed by atoms with Gasteiger partial charge in [0.1, 0.15) is 5.69 Å². The molecule has 2 fully saturated rings. The van der Waals surface area contributed by atoms with Gasteiger partial charge in [0.25, 0.3) is 5.91 Å². The van der Waals surface area contributed by atoms with Gasteiger partial charge in [0.15, 0.2) is 5.82 Å². The molecule has 2 saturated heterocycles. The van der Waals surface area contributed by atoms with Gasteiger partial charge in [-0.15, -0.1) is 0 Å². The van der Waals surface area contributed by atoms with Crippen LogP contribution in [0.4, 0.5) is 10.3 Å². The Balaban J connectivity index is 1.35. The number of rotatable bonds is 4. The van der Waals surface area contributed by atoms with Gasteiger partial charge in [-0.3, -0.25) is 9.78 Å². The summed E-state index contributed by atoms with van der Waals surface area (Å²) in [5, 5.41) is 2.89. The van der Waals surface area contributed by atoms with Gasteiger partial charge in [-0.05, 0) is 0 Å². The van der Waals surface area contributed by atoms with Crippen molar-refractivity contribution in [3.63, 3.8) is 0 Å². The van der Waals surface area contributed by atoms with E-state index in [4.69, 9.17) is 4.74 Å². The Labute approximate surface area is 143 Å². The van der Waals surface area contributed by atoms with Gasteiger partial charge in [-0.2, -0.15) is 0 Å². The highest BCUT2D eigenvalue weighted by Gasteiger charge is 2.44. The van der Waals surface area contributed by atoms with E-state index >= 15 is 0 Å². The van der Waals surface area contributed by atoms with E-state index in [1.807, 2.05) is 4.90 Å². The maximum Gasteiger partial charge on any atom is 0.271 e. The maximum absolute atomic E-state index is 13.0. The molecular weight excluding hydrogens is 327 g/mol. The third-order valence-corrected chi connectivity index (χ3v) is 4.65. The normalized spacial score (nSPS) is 25.0. The minimum absolute atomic E-state index is 0.0760. The number of nitrogens with zero attached hydrogens (tertiary/aromatic N) is 5. The summed E-state index contributed by atoms with van der Waals surface area (Å²) in [5.41, 5.74) is 0.297. The highest BCUT2D eigenvalue weighted by molar-refractivity contribution is 5.91.